The number of nitrogens with zero attached hydrogens (tertiary/aromatic N) is 1. The zero-order valence-electron chi connectivity index (χ0n) is 15.9. The molecule has 0 saturated heterocycles. The molecule has 2 heteroatoms. The van der Waals surface area contributed by atoms with Crippen LogP contribution in [0.5, 0.6) is 0 Å². The second-order valence-electron chi connectivity index (χ2n) is 8.51. The molecular formula is C24H32FN. The molecule has 0 atom stereocenters. The van der Waals surface area contributed by atoms with E-state index in [0.29, 0.717) is 12.2 Å². The van der Waals surface area contributed by atoms with Crippen LogP contribution in [0.25, 0.3) is 0 Å². The number of halogens is 1. The van der Waals surface area contributed by atoms with Crippen molar-refractivity contribution in [2.24, 2.45) is 17.8 Å². The van der Waals surface area contributed by atoms with Crippen molar-refractivity contribution < 1.29 is 4.39 Å². The fraction of sp³-hybridized carbons (Fsp3) is 0.625. The second kappa shape index (κ2) is 9.91. The van der Waals surface area contributed by atoms with Crippen LogP contribution < -0.4 is 0 Å². The Kier molecular flexibility index (Phi) is 7.30. The van der Waals surface area contributed by atoms with E-state index in [1.807, 2.05) is 12.1 Å². The molecule has 140 valence electrons. The fourth-order valence-corrected chi connectivity index (χ4v) is 5.09. The molecule has 2 fully saturated rings. The van der Waals surface area contributed by atoms with E-state index in [0.717, 1.165) is 29.7 Å². The summed E-state index contributed by atoms with van der Waals surface area (Å²) in [6.45, 7) is 0. The molecule has 26 heavy (non-hydrogen) atoms. The predicted octanol–water partition coefficient (Wildman–Crippen LogP) is 7.29. The van der Waals surface area contributed by atoms with Crippen molar-refractivity contribution in [3.8, 4) is 6.07 Å². The number of hydrogen-bond donors (Lipinski definition) is 0. The van der Waals surface area contributed by atoms with Crippen LogP contribution in [0.15, 0.2) is 36.7 Å². The van der Waals surface area contributed by atoms with E-state index in [1.54, 1.807) is 6.08 Å². The van der Waals surface area contributed by atoms with E-state index in [-0.39, 0.29) is 0 Å². The van der Waals surface area contributed by atoms with E-state index in [1.165, 1.54) is 69.8 Å². The lowest BCUT2D eigenvalue weighted by Gasteiger charge is -2.32. The number of allylic oxidation sites excluding steroid dienone is 1. The van der Waals surface area contributed by atoms with Crippen molar-refractivity contribution in [2.75, 3.05) is 0 Å². The van der Waals surface area contributed by atoms with Gasteiger partial charge in [0.1, 0.15) is 0 Å². The number of nitriles is 1. The Morgan fingerprint density at radius 2 is 1.38 bits per heavy atom. The lowest BCUT2D eigenvalue weighted by atomic mass is 9.74. The van der Waals surface area contributed by atoms with Crippen LogP contribution >= 0.6 is 0 Å². The largest absolute Gasteiger partial charge is 0.216 e. The second-order valence-corrected chi connectivity index (χ2v) is 8.51. The Morgan fingerprint density at radius 1 is 0.846 bits per heavy atom. The molecular weight excluding hydrogens is 321 g/mol. The Balaban J connectivity index is 1.35. The molecule has 2 aliphatic rings. The van der Waals surface area contributed by atoms with Gasteiger partial charge in [-0.05, 0) is 86.3 Å². The Bertz CT molecular complexity index is 596. The number of hydrogen-bond acceptors (Lipinski definition) is 1. The summed E-state index contributed by atoms with van der Waals surface area (Å²) in [5.74, 6) is 3.24. The third-order valence-corrected chi connectivity index (χ3v) is 6.87. The van der Waals surface area contributed by atoms with Crippen molar-refractivity contribution in [3.63, 3.8) is 0 Å². The van der Waals surface area contributed by atoms with Crippen molar-refractivity contribution in [1.82, 2.24) is 0 Å². The van der Waals surface area contributed by atoms with Gasteiger partial charge in [0.05, 0.1) is 18.0 Å². The molecule has 0 heterocycles. The van der Waals surface area contributed by atoms with Gasteiger partial charge in [-0.1, -0.05) is 43.9 Å². The summed E-state index contributed by atoms with van der Waals surface area (Å²) in [7, 11) is 0. The minimum absolute atomic E-state index is 0.693. The van der Waals surface area contributed by atoms with Gasteiger partial charge in [0.25, 0.3) is 0 Å². The van der Waals surface area contributed by atoms with Crippen molar-refractivity contribution in [1.29, 1.82) is 5.26 Å². The summed E-state index contributed by atoms with van der Waals surface area (Å²) in [6.07, 6.45) is 16.8. The Labute approximate surface area is 158 Å². The van der Waals surface area contributed by atoms with E-state index in [4.69, 9.17) is 5.26 Å². The lowest BCUT2D eigenvalue weighted by molar-refractivity contribution is 0.231. The van der Waals surface area contributed by atoms with Gasteiger partial charge >= 0.3 is 0 Å². The molecule has 0 radical (unpaired) electrons. The smallest absolute Gasteiger partial charge is 0.0991 e. The zero-order valence-corrected chi connectivity index (χ0v) is 15.9. The summed E-state index contributed by atoms with van der Waals surface area (Å²) >= 11 is 0. The molecule has 0 amide bonds. The van der Waals surface area contributed by atoms with Crippen molar-refractivity contribution in [3.05, 3.63) is 47.8 Å². The predicted molar refractivity (Wildman–Crippen MR) is 105 cm³/mol. The first-order valence-corrected chi connectivity index (χ1v) is 10.5. The maximum Gasteiger partial charge on any atom is 0.0991 e. The summed E-state index contributed by atoms with van der Waals surface area (Å²) < 4.78 is 12.1. The molecule has 2 saturated carbocycles. The third-order valence-electron chi connectivity index (χ3n) is 6.87. The van der Waals surface area contributed by atoms with Gasteiger partial charge in [-0.2, -0.15) is 5.26 Å². The molecule has 3 rings (SSSR count). The highest BCUT2D eigenvalue weighted by Crippen LogP contribution is 2.40. The highest BCUT2D eigenvalue weighted by molar-refractivity contribution is 5.33. The van der Waals surface area contributed by atoms with Crippen LogP contribution in [-0.4, -0.2) is 0 Å². The first-order chi connectivity index (χ1) is 12.8. The lowest BCUT2D eigenvalue weighted by Crippen LogP contribution is -2.17. The third kappa shape index (κ3) is 5.44. The molecule has 0 aromatic heterocycles. The van der Waals surface area contributed by atoms with E-state index >= 15 is 0 Å². The van der Waals surface area contributed by atoms with Gasteiger partial charge in [-0.15, -0.1) is 0 Å². The normalized spacial score (nSPS) is 29.5. The standard InChI is InChI=1S/C24H32FN/c25-17-1-2-19-3-5-20(6-4-19)7-8-21-9-13-23(14-10-21)24-15-11-22(18-26)12-16-24/h1,11-12,15-17,19-21,23H,2-10,13-14H2/t19-,20-,21-,23-. The van der Waals surface area contributed by atoms with Gasteiger partial charge in [0.2, 0.25) is 0 Å². The SMILES string of the molecule is N#Cc1ccc([C@H]2CC[C@H](CC[C@H]3CC[C@H](CC=CF)CC3)CC2)cc1. The maximum atomic E-state index is 12.1. The number of benzene rings is 1. The van der Waals surface area contributed by atoms with Gasteiger partial charge < -0.3 is 0 Å². The van der Waals surface area contributed by atoms with Crippen LogP contribution in [0.3, 0.4) is 0 Å². The molecule has 0 N–H and O–H groups in total. The summed E-state index contributed by atoms with van der Waals surface area (Å²) in [6, 6.07) is 10.4. The summed E-state index contributed by atoms with van der Waals surface area (Å²) in [5.41, 5.74) is 2.18. The first-order valence-electron chi connectivity index (χ1n) is 10.5. The molecule has 0 unspecified atom stereocenters. The summed E-state index contributed by atoms with van der Waals surface area (Å²) in [5, 5.41) is 8.92. The topological polar surface area (TPSA) is 23.8 Å². The van der Waals surface area contributed by atoms with Gasteiger partial charge in [0.15, 0.2) is 0 Å². The zero-order chi connectivity index (χ0) is 18.2. The quantitative estimate of drug-likeness (QED) is 0.526. The van der Waals surface area contributed by atoms with Crippen LogP contribution in [0.2, 0.25) is 0 Å². The Morgan fingerprint density at radius 3 is 1.92 bits per heavy atom. The average molecular weight is 354 g/mol. The van der Waals surface area contributed by atoms with E-state index in [2.05, 4.69) is 18.2 Å². The molecule has 0 spiro atoms. The molecule has 1 aromatic carbocycles. The van der Waals surface area contributed by atoms with Gasteiger partial charge in [-0.3, -0.25) is 0 Å². The van der Waals surface area contributed by atoms with Gasteiger partial charge in [-0.25, -0.2) is 4.39 Å². The minimum atomic E-state index is 0.693. The molecule has 1 nitrogen and oxygen atoms in total. The summed E-state index contributed by atoms with van der Waals surface area (Å²) in [4.78, 5) is 0. The average Bonchev–Trinajstić information content (AvgIpc) is 2.72. The highest BCUT2D eigenvalue weighted by Gasteiger charge is 2.25. The highest BCUT2D eigenvalue weighted by atomic mass is 19.1. The van der Waals surface area contributed by atoms with Crippen LogP contribution in [0.1, 0.15) is 87.7 Å². The number of rotatable bonds is 6. The van der Waals surface area contributed by atoms with Crippen molar-refractivity contribution in [2.45, 2.75) is 76.5 Å². The maximum absolute atomic E-state index is 12.1. The fourth-order valence-electron chi connectivity index (χ4n) is 5.09. The first kappa shape index (κ1) is 19.2. The molecule has 1 aromatic rings. The van der Waals surface area contributed by atoms with E-state index < -0.39 is 0 Å². The van der Waals surface area contributed by atoms with Crippen molar-refractivity contribution >= 4 is 0 Å². The Hall–Kier alpha value is -1.62. The van der Waals surface area contributed by atoms with E-state index in [9.17, 15) is 4.39 Å². The van der Waals surface area contributed by atoms with Crippen LogP contribution in [0, 0.1) is 29.1 Å². The monoisotopic (exact) mass is 353 g/mol. The molecule has 0 aliphatic heterocycles. The van der Waals surface area contributed by atoms with Crippen LogP contribution in [0.4, 0.5) is 4.39 Å². The van der Waals surface area contributed by atoms with Crippen LogP contribution in [-0.2, 0) is 0 Å². The molecule has 0 bridgehead atoms. The molecule has 2 aliphatic carbocycles. The van der Waals surface area contributed by atoms with Gasteiger partial charge in [0, 0.05) is 0 Å². The minimum Gasteiger partial charge on any atom is -0.216 e.